The Kier molecular flexibility index (Phi) is 4.14. The number of para-hydroxylation sites is 1. The summed E-state index contributed by atoms with van der Waals surface area (Å²) in [7, 11) is 0. The number of carbonyl (C=O) groups excluding carboxylic acids is 1. The van der Waals surface area contributed by atoms with Gasteiger partial charge < -0.3 is 11.1 Å². The zero-order valence-corrected chi connectivity index (χ0v) is 11.3. The summed E-state index contributed by atoms with van der Waals surface area (Å²) in [5.41, 5.74) is 0.785. The van der Waals surface area contributed by atoms with Crippen molar-refractivity contribution < 1.29 is 31.1 Å². The van der Waals surface area contributed by atoms with Gasteiger partial charge in [-0.2, -0.15) is 26.3 Å². The summed E-state index contributed by atoms with van der Waals surface area (Å²) in [6, 6.07) is 0.303. The fraction of sp³-hybridized carbons (Fsp3) is 0.333. The molecule has 0 saturated carbocycles. The Labute approximate surface area is 125 Å². The number of carbonyl (C=O) groups is 1. The number of urea groups is 1. The maximum Gasteiger partial charge on any atom is 0.418 e. The molecule has 0 atom stereocenters. The molecule has 1 aliphatic heterocycles. The van der Waals surface area contributed by atoms with Gasteiger partial charge in [-0.3, -0.25) is 9.89 Å². The zero-order valence-electron chi connectivity index (χ0n) is 11.3. The van der Waals surface area contributed by atoms with Crippen LogP contribution in [0, 0.1) is 0 Å². The molecule has 0 saturated heterocycles. The van der Waals surface area contributed by atoms with E-state index >= 15 is 0 Å². The first-order valence-corrected chi connectivity index (χ1v) is 6.17. The van der Waals surface area contributed by atoms with Gasteiger partial charge in [0.1, 0.15) is 0 Å². The molecule has 0 fully saturated rings. The summed E-state index contributed by atoms with van der Waals surface area (Å²) in [6.45, 7) is 0.0828. The number of guanidine groups is 1. The van der Waals surface area contributed by atoms with E-state index in [1.165, 1.54) is 0 Å². The van der Waals surface area contributed by atoms with Crippen molar-refractivity contribution in [3.8, 4) is 0 Å². The van der Waals surface area contributed by atoms with Crippen molar-refractivity contribution in [3.63, 3.8) is 0 Å². The minimum atomic E-state index is -5.07. The number of nitrogens with two attached hydrogens (primary N) is 1. The van der Waals surface area contributed by atoms with Gasteiger partial charge in [0, 0.05) is 0 Å². The van der Waals surface area contributed by atoms with Crippen LogP contribution in [0.2, 0.25) is 0 Å². The third-order valence-electron chi connectivity index (χ3n) is 3.03. The summed E-state index contributed by atoms with van der Waals surface area (Å²) in [5.74, 6) is -0.277. The van der Waals surface area contributed by atoms with Crippen LogP contribution in [0.25, 0.3) is 0 Å². The van der Waals surface area contributed by atoms with Crippen molar-refractivity contribution in [2.75, 3.05) is 18.4 Å². The smallest absolute Gasteiger partial charge is 0.369 e. The number of alkyl halides is 6. The number of rotatable bonds is 1. The molecule has 0 aromatic heterocycles. The Morgan fingerprint density at radius 3 is 2.04 bits per heavy atom. The van der Waals surface area contributed by atoms with Gasteiger partial charge in [-0.15, -0.1) is 0 Å². The molecule has 5 nitrogen and oxygen atoms in total. The molecule has 0 bridgehead atoms. The Morgan fingerprint density at radius 1 is 1.13 bits per heavy atom. The molecular formula is C12H10F6N4O. The molecule has 1 aromatic carbocycles. The highest BCUT2D eigenvalue weighted by atomic mass is 19.4. The van der Waals surface area contributed by atoms with Crippen molar-refractivity contribution in [1.29, 1.82) is 0 Å². The molecule has 0 spiro atoms. The molecule has 0 radical (unpaired) electrons. The van der Waals surface area contributed by atoms with E-state index in [-0.39, 0.29) is 19.0 Å². The van der Waals surface area contributed by atoms with Crippen LogP contribution in [0.1, 0.15) is 11.1 Å². The molecule has 2 rings (SSSR count). The van der Waals surface area contributed by atoms with Crippen LogP contribution in [0.5, 0.6) is 0 Å². The predicted octanol–water partition coefficient (Wildman–Crippen LogP) is 2.89. The van der Waals surface area contributed by atoms with Crippen LogP contribution in [0.4, 0.5) is 36.8 Å². The van der Waals surface area contributed by atoms with E-state index in [0.29, 0.717) is 18.2 Å². The van der Waals surface area contributed by atoms with Gasteiger partial charge in [0.05, 0.1) is 29.9 Å². The number of nitrogens with zero attached hydrogens (tertiary/aromatic N) is 2. The number of benzene rings is 1. The number of hydrogen-bond acceptors (Lipinski definition) is 3. The molecule has 2 amide bonds. The van der Waals surface area contributed by atoms with E-state index in [2.05, 4.69) is 4.99 Å². The third-order valence-corrected chi connectivity index (χ3v) is 3.03. The minimum absolute atomic E-state index is 0.0345. The van der Waals surface area contributed by atoms with E-state index in [1.54, 1.807) is 5.32 Å². The highest BCUT2D eigenvalue weighted by molar-refractivity contribution is 6.03. The monoisotopic (exact) mass is 340 g/mol. The van der Waals surface area contributed by atoms with E-state index in [1.807, 2.05) is 0 Å². The fourth-order valence-corrected chi connectivity index (χ4v) is 2.00. The lowest BCUT2D eigenvalue weighted by molar-refractivity contribution is -0.141. The molecule has 23 heavy (non-hydrogen) atoms. The fourth-order valence-electron chi connectivity index (χ4n) is 2.00. The van der Waals surface area contributed by atoms with Crippen LogP contribution < -0.4 is 11.1 Å². The molecule has 11 heteroatoms. The standard InChI is InChI=1S/C12H10F6N4O/c13-11(14,15)6-2-1-3-7(12(16,17)18)8(6)21-10(23)22-5-4-20-9(22)19/h1-3H,4-5H2,(H2,19,20)(H,21,23). The van der Waals surface area contributed by atoms with Crippen LogP contribution >= 0.6 is 0 Å². The van der Waals surface area contributed by atoms with Gasteiger partial charge in [-0.1, -0.05) is 6.07 Å². The first-order valence-electron chi connectivity index (χ1n) is 6.17. The van der Waals surface area contributed by atoms with Crippen molar-refractivity contribution in [3.05, 3.63) is 29.3 Å². The van der Waals surface area contributed by atoms with Gasteiger partial charge in [0.15, 0.2) is 5.96 Å². The normalized spacial score (nSPS) is 15.6. The van der Waals surface area contributed by atoms with Gasteiger partial charge in [-0.05, 0) is 12.1 Å². The summed E-state index contributed by atoms with van der Waals surface area (Å²) >= 11 is 0. The SMILES string of the molecule is NC1=NCCN1C(=O)Nc1c(C(F)(F)F)cccc1C(F)(F)F. The Balaban J connectivity index is 2.46. The second kappa shape index (κ2) is 5.63. The molecule has 3 N–H and O–H groups in total. The molecule has 1 heterocycles. The van der Waals surface area contributed by atoms with Crippen LogP contribution in [-0.2, 0) is 12.4 Å². The van der Waals surface area contributed by atoms with Crippen molar-refractivity contribution in [2.45, 2.75) is 12.4 Å². The van der Waals surface area contributed by atoms with Crippen molar-refractivity contribution in [1.82, 2.24) is 4.90 Å². The zero-order chi connectivity index (χ0) is 17.4. The molecule has 1 aromatic rings. The number of hydrogen-bond donors (Lipinski definition) is 2. The van der Waals surface area contributed by atoms with Crippen LogP contribution in [-0.4, -0.2) is 30.0 Å². The molecule has 1 aliphatic rings. The second-order valence-electron chi connectivity index (χ2n) is 4.55. The lowest BCUT2D eigenvalue weighted by Gasteiger charge is -2.22. The Hall–Kier alpha value is -2.46. The second-order valence-corrected chi connectivity index (χ2v) is 4.55. The highest BCUT2D eigenvalue weighted by Gasteiger charge is 2.41. The maximum absolute atomic E-state index is 12.9. The molecule has 0 aliphatic carbocycles. The molecule has 0 unspecified atom stereocenters. The van der Waals surface area contributed by atoms with E-state index in [0.717, 1.165) is 4.90 Å². The Morgan fingerprint density at radius 2 is 1.65 bits per heavy atom. The first kappa shape index (κ1) is 16.9. The van der Waals surface area contributed by atoms with E-state index < -0.39 is 35.2 Å². The third kappa shape index (κ3) is 3.48. The van der Waals surface area contributed by atoms with Gasteiger partial charge in [-0.25, -0.2) is 4.79 Å². The van der Waals surface area contributed by atoms with Crippen molar-refractivity contribution >= 4 is 17.7 Å². The van der Waals surface area contributed by atoms with Gasteiger partial charge in [0.2, 0.25) is 0 Å². The summed E-state index contributed by atoms with van der Waals surface area (Å²) in [4.78, 5) is 16.3. The Bertz CT molecular complexity index is 620. The summed E-state index contributed by atoms with van der Waals surface area (Å²) < 4.78 is 77.6. The molecular weight excluding hydrogens is 330 g/mol. The quantitative estimate of drug-likeness (QED) is 0.772. The largest absolute Gasteiger partial charge is 0.418 e. The summed E-state index contributed by atoms with van der Waals surface area (Å²) in [6.07, 6.45) is -10.1. The van der Waals surface area contributed by atoms with Crippen LogP contribution in [0.15, 0.2) is 23.2 Å². The van der Waals surface area contributed by atoms with Gasteiger partial charge >= 0.3 is 18.4 Å². The number of anilines is 1. The number of halogens is 6. The van der Waals surface area contributed by atoms with Crippen LogP contribution in [0.3, 0.4) is 0 Å². The average molecular weight is 340 g/mol. The number of aliphatic imine (C=N–C) groups is 1. The van der Waals surface area contributed by atoms with Crippen molar-refractivity contribution in [2.24, 2.45) is 10.7 Å². The number of amides is 2. The lowest BCUT2D eigenvalue weighted by Crippen LogP contribution is -2.42. The minimum Gasteiger partial charge on any atom is -0.369 e. The van der Waals surface area contributed by atoms with Gasteiger partial charge in [0.25, 0.3) is 0 Å². The maximum atomic E-state index is 12.9. The number of nitrogens with one attached hydrogen (secondary N) is 1. The van der Waals surface area contributed by atoms with E-state index in [4.69, 9.17) is 5.73 Å². The highest BCUT2D eigenvalue weighted by Crippen LogP contribution is 2.42. The summed E-state index contributed by atoms with van der Waals surface area (Å²) in [5, 5.41) is 1.65. The lowest BCUT2D eigenvalue weighted by atomic mass is 10.1. The average Bonchev–Trinajstić information content (AvgIpc) is 2.82. The molecule has 126 valence electrons. The topological polar surface area (TPSA) is 70.7 Å². The predicted molar refractivity (Wildman–Crippen MR) is 68.7 cm³/mol. The first-order chi connectivity index (χ1) is 10.5. The van der Waals surface area contributed by atoms with E-state index in [9.17, 15) is 31.1 Å².